The van der Waals surface area contributed by atoms with Crippen LogP contribution < -0.4 is 0 Å². The van der Waals surface area contributed by atoms with Gasteiger partial charge in [-0.2, -0.15) is 0 Å². The molecule has 104 valence electrons. The number of allylic oxidation sites excluding steroid dienone is 6. The quantitative estimate of drug-likeness (QED) is 0.732. The summed E-state index contributed by atoms with van der Waals surface area (Å²) >= 11 is 0. The van der Waals surface area contributed by atoms with Crippen LogP contribution in [0.4, 0.5) is 0 Å². The van der Waals surface area contributed by atoms with Crippen LogP contribution in [0.5, 0.6) is 0 Å². The summed E-state index contributed by atoms with van der Waals surface area (Å²) in [6.07, 6.45) is 10.8. The Bertz CT molecular complexity index is 721. The number of hydrogen-bond acceptors (Lipinski definition) is 1. The van der Waals surface area contributed by atoms with Crippen molar-refractivity contribution in [3.8, 4) is 11.1 Å². The lowest BCUT2D eigenvalue weighted by Gasteiger charge is -2.08. The summed E-state index contributed by atoms with van der Waals surface area (Å²) in [5.41, 5.74) is 5.68. The summed E-state index contributed by atoms with van der Waals surface area (Å²) < 4.78 is 0. The second-order valence-electron chi connectivity index (χ2n) is 5.47. The van der Waals surface area contributed by atoms with E-state index in [0.717, 1.165) is 17.0 Å². The monoisotopic (exact) mass is 273 g/mol. The van der Waals surface area contributed by atoms with Crippen molar-refractivity contribution >= 4 is 5.57 Å². The summed E-state index contributed by atoms with van der Waals surface area (Å²) in [4.78, 5) is 4.70. The maximum absolute atomic E-state index is 4.70. The highest BCUT2D eigenvalue weighted by Gasteiger charge is 2.06. The second-order valence-corrected chi connectivity index (χ2v) is 5.47. The predicted octanol–water partition coefficient (Wildman–Crippen LogP) is 5.20. The third-order valence-corrected chi connectivity index (χ3v) is 3.63. The molecule has 3 rings (SSSR count). The van der Waals surface area contributed by atoms with Crippen LogP contribution in [0.15, 0.2) is 72.8 Å². The van der Waals surface area contributed by atoms with Gasteiger partial charge in [-0.15, -0.1) is 0 Å². The Morgan fingerprint density at radius 1 is 0.952 bits per heavy atom. The van der Waals surface area contributed by atoms with E-state index in [1.54, 1.807) is 0 Å². The summed E-state index contributed by atoms with van der Waals surface area (Å²) in [6, 6.07) is 14.8. The summed E-state index contributed by atoms with van der Waals surface area (Å²) in [5.74, 6) is 0.470. The minimum absolute atomic E-state index is 0.470. The molecule has 0 spiro atoms. The van der Waals surface area contributed by atoms with Gasteiger partial charge in [0, 0.05) is 5.69 Å². The lowest BCUT2D eigenvalue weighted by Crippen LogP contribution is -1.92. The number of aryl methyl sites for hydroxylation is 1. The van der Waals surface area contributed by atoms with Crippen LogP contribution in [0.1, 0.15) is 18.3 Å². The third-order valence-electron chi connectivity index (χ3n) is 3.63. The number of benzene rings is 1. The first kappa shape index (κ1) is 13.6. The van der Waals surface area contributed by atoms with Gasteiger partial charge in [-0.25, -0.2) is 0 Å². The number of nitrogens with zero attached hydrogens (tertiary/aromatic N) is 1. The van der Waals surface area contributed by atoms with E-state index in [1.165, 1.54) is 11.1 Å². The van der Waals surface area contributed by atoms with Crippen LogP contribution in [-0.4, -0.2) is 4.98 Å². The van der Waals surface area contributed by atoms with Crippen LogP contribution in [0.2, 0.25) is 0 Å². The molecule has 1 heteroatoms. The lowest BCUT2D eigenvalue weighted by molar-refractivity contribution is 0.943. The van der Waals surface area contributed by atoms with Crippen molar-refractivity contribution in [3.05, 3.63) is 84.2 Å². The molecule has 0 saturated heterocycles. The maximum atomic E-state index is 4.70. The highest BCUT2D eigenvalue weighted by atomic mass is 14.7. The maximum Gasteiger partial charge on any atom is 0.0711 e. The van der Waals surface area contributed by atoms with Gasteiger partial charge >= 0.3 is 0 Å². The smallest absolute Gasteiger partial charge is 0.0711 e. The third kappa shape index (κ3) is 3.19. The van der Waals surface area contributed by atoms with Gasteiger partial charge in [0.1, 0.15) is 0 Å². The number of rotatable bonds is 2. The van der Waals surface area contributed by atoms with Crippen LogP contribution in [0.3, 0.4) is 0 Å². The number of aromatic nitrogens is 1. The van der Waals surface area contributed by atoms with E-state index in [2.05, 4.69) is 80.6 Å². The molecule has 0 N–H and O–H groups in total. The highest BCUT2D eigenvalue weighted by molar-refractivity contribution is 5.77. The van der Waals surface area contributed by atoms with Crippen molar-refractivity contribution in [1.29, 1.82) is 0 Å². The van der Waals surface area contributed by atoms with E-state index in [4.69, 9.17) is 4.98 Å². The van der Waals surface area contributed by atoms with Crippen molar-refractivity contribution < 1.29 is 0 Å². The Morgan fingerprint density at radius 2 is 1.76 bits per heavy atom. The van der Waals surface area contributed by atoms with Crippen molar-refractivity contribution in [2.45, 2.75) is 13.8 Å². The molecule has 0 radical (unpaired) electrons. The fraction of sp³-hybridized carbons (Fsp3) is 0.150. The molecule has 0 fully saturated rings. The first-order valence-corrected chi connectivity index (χ1v) is 7.33. The topological polar surface area (TPSA) is 12.9 Å². The van der Waals surface area contributed by atoms with Gasteiger partial charge in [0.2, 0.25) is 0 Å². The van der Waals surface area contributed by atoms with Crippen molar-refractivity contribution in [2.24, 2.45) is 5.92 Å². The first-order chi connectivity index (χ1) is 10.2. The van der Waals surface area contributed by atoms with E-state index in [-0.39, 0.29) is 0 Å². The van der Waals surface area contributed by atoms with Crippen LogP contribution >= 0.6 is 0 Å². The first-order valence-electron chi connectivity index (χ1n) is 7.33. The molecule has 1 aromatic heterocycles. The standard InChI is InChI=1S/C20H19N/c1-15-7-6-10-18(12-11-15)20-14-19(13-16(2)21-20)17-8-4-3-5-9-17/h3-15H,1-2H3. The SMILES string of the molecule is Cc1cc(-c2ccccc2)cc(C2=CC=CC(C)C=C2)n1. The molecule has 2 aromatic rings. The largest absolute Gasteiger partial charge is 0.253 e. The van der Waals surface area contributed by atoms with E-state index < -0.39 is 0 Å². The Hall–Kier alpha value is -2.41. The predicted molar refractivity (Wildman–Crippen MR) is 89.8 cm³/mol. The molecule has 21 heavy (non-hydrogen) atoms. The van der Waals surface area contributed by atoms with Crippen LogP contribution in [0.25, 0.3) is 16.7 Å². The second kappa shape index (κ2) is 5.92. The number of hydrogen-bond donors (Lipinski definition) is 0. The number of pyridine rings is 1. The zero-order valence-electron chi connectivity index (χ0n) is 12.5. The molecular formula is C20H19N. The fourth-order valence-electron chi connectivity index (χ4n) is 2.49. The normalized spacial score (nSPS) is 17.4. The zero-order valence-corrected chi connectivity index (χ0v) is 12.5. The summed E-state index contributed by atoms with van der Waals surface area (Å²) in [7, 11) is 0. The molecule has 1 aliphatic rings. The highest BCUT2D eigenvalue weighted by Crippen LogP contribution is 2.25. The van der Waals surface area contributed by atoms with Gasteiger partial charge in [0.05, 0.1) is 5.69 Å². The molecule has 1 atom stereocenters. The van der Waals surface area contributed by atoms with Crippen LogP contribution in [0, 0.1) is 12.8 Å². The molecule has 0 bridgehead atoms. The summed E-state index contributed by atoms with van der Waals surface area (Å²) in [5, 5.41) is 0. The van der Waals surface area contributed by atoms with Crippen molar-refractivity contribution in [2.75, 3.05) is 0 Å². The van der Waals surface area contributed by atoms with Gasteiger partial charge in [-0.1, -0.05) is 67.6 Å². The van der Waals surface area contributed by atoms with E-state index in [9.17, 15) is 0 Å². The lowest BCUT2D eigenvalue weighted by atomic mass is 10.0. The molecule has 0 aliphatic heterocycles. The van der Waals surface area contributed by atoms with Crippen molar-refractivity contribution in [3.63, 3.8) is 0 Å². The molecule has 1 nitrogen and oxygen atoms in total. The van der Waals surface area contributed by atoms with E-state index in [0.29, 0.717) is 5.92 Å². The minimum atomic E-state index is 0.470. The minimum Gasteiger partial charge on any atom is -0.253 e. The molecular weight excluding hydrogens is 254 g/mol. The van der Waals surface area contributed by atoms with Gasteiger partial charge in [0.15, 0.2) is 0 Å². The Labute approximate surface area is 126 Å². The molecule has 1 aliphatic carbocycles. The zero-order chi connectivity index (χ0) is 14.7. The van der Waals surface area contributed by atoms with Gasteiger partial charge in [-0.05, 0) is 41.7 Å². The van der Waals surface area contributed by atoms with Crippen LogP contribution in [-0.2, 0) is 0 Å². The fourth-order valence-corrected chi connectivity index (χ4v) is 2.49. The van der Waals surface area contributed by atoms with Gasteiger partial charge in [0.25, 0.3) is 0 Å². The average Bonchev–Trinajstić information content (AvgIpc) is 2.72. The van der Waals surface area contributed by atoms with Gasteiger partial charge < -0.3 is 0 Å². The molecule has 0 amide bonds. The van der Waals surface area contributed by atoms with Gasteiger partial charge in [-0.3, -0.25) is 4.98 Å². The van der Waals surface area contributed by atoms with Crippen molar-refractivity contribution in [1.82, 2.24) is 4.98 Å². The molecule has 0 saturated carbocycles. The Balaban J connectivity index is 2.05. The molecule has 1 aromatic carbocycles. The molecule has 1 heterocycles. The molecule has 1 unspecified atom stereocenters. The average molecular weight is 273 g/mol. The summed E-state index contributed by atoms with van der Waals surface area (Å²) in [6.45, 7) is 4.23. The Morgan fingerprint density at radius 3 is 2.57 bits per heavy atom. The van der Waals surface area contributed by atoms with E-state index in [1.807, 2.05) is 6.07 Å². The Kier molecular flexibility index (Phi) is 3.83. The van der Waals surface area contributed by atoms with E-state index >= 15 is 0 Å².